The summed E-state index contributed by atoms with van der Waals surface area (Å²) < 4.78 is 18.3. The van der Waals surface area contributed by atoms with Gasteiger partial charge in [-0.3, -0.25) is 4.79 Å². The molecule has 1 fully saturated rings. The second-order valence-corrected chi connectivity index (χ2v) is 5.04. The average molecular weight is 307 g/mol. The molecule has 1 heterocycles. The SMILES string of the molecule is O=C(CC1COCCN1)Nc1c(Cl)cc(F)cc1Cl. The second kappa shape index (κ2) is 6.52. The summed E-state index contributed by atoms with van der Waals surface area (Å²) in [5.41, 5.74) is 0.228. The van der Waals surface area contributed by atoms with Gasteiger partial charge in [-0.25, -0.2) is 4.39 Å². The lowest BCUT2D eigenvalue weighted by atomic mass is 10.2. The van der Waals surface area contributed by atoms with Crippen molar-refractivity contribution in [1.29, 1.82) is 0 Å². The number of benzene rings is 1. The lowest BCUT2D eigenvalue weighted by Gasteiger charge is -2.23. The number of morpholine rings is 1. The number of hydrogen-bond donors (Lipinski definition) is 2. The van der Waals surface area contributed by atoms with Crippen molar-refractivity contribution < 1.29 is 13.9 Å². The minimum absolute atomic E-state index is 0.0354. The Kier molecular flexibility index (Phi) is 4.99. The Morgan fingerprint density at radius 3 is 2.74 bits per heavy atom. The van der Waals surface area contributed by atoms with Gasteiger partial charge in [-0.15, -0.1) is 0 Å². The van der Waals surface area contributed by atoms with Gasteiger partial charge in [0.05, 0.1) is 28.9 Å². The summed E-state index contributed by atoms with van der Waals surface area (Å²) in [5.74, 6) is -0.797. The lowest BCUT2D eigenvalue weighted by Crippen LogP contribution is -2.43. The van der Waals surface area contributed by atoms with Crippen molar-refractivity contribution in [3.05, 3.63) is 28.0 Å². The summed E-state index contributed by atoms with van der Waals surface area (Å²) in [6.07, 6.45) is 0.240. The average Bonchev–Trinajstić information content (AvgIpc) is 2.35. The maximum absolute atomic E-state index is 13.0. The number of hydrogen-bond acceptors (Lipinski definition) is 3. The molecule has 7 heteroatoms. The van der Waals surface area contributed by atoms with Crippen LogP contribution in [-0.4, -0.2) is 31.7 Å². The van der Waals surface area contributed by atoms with Gasteiger partial charge >= 0.3 is 0 Å². The zero-order chi connectivity index (χ0) is 13.8. The van der Waals surface area contributed by atoms with Gasteiger partial charge in [0.15, 0.2) is 0 Å². The molecule has 0 spiro atoms. The Hall–Kier alpha value is -0.880. The topological polar surface area (TPSA) is 50.4 Å². The summed E-state index contributed by atoms with van der Waals surface area (Å²) in [6, 6.07) is 2.17. The Morgan fingerprint density at radius 2 is 2.16 bits per heavy atom. The highest BCUT2D eigenvalue weighted by Gasteiger charge is 2.18. The van der Waals surface area contributed by atoms with Gasteiger partial charge in [0.1, 0.15) is 5.82 Å². The maximum Gasteiger partial charge on any atom is 0.226 e. The van der Waals surface area contributed by atoms with Gasteiger partial charge in [0.2, 0.25) is 5.91 Å². The van der Waals surface area contributed by atoms with Gasteiger partial charge < -0.3 is 15.4 Å². The zero-order valence-electron chi connectivity index (χ0n) is 10.0. The van der Waals surface area contributed by atoms with E-state index in [1.807, 2.05) is 0 Å². The number of halogens is 3. The third-order valence-electron chi connectivity index (χ3n) is 2.70. The van der Waals surface area contributed by atoms with Crippen LogP contribution in [0.2, 0.25) is 10.0 Å². The number of ether oxygens (including phenoxy) is 1. The molecule has 4 nitrogen and oxygen atoms in total. The molecule has 1 amide bonds. The van der Waals surface area contributed by atoms with Crippen molar-refractivity contribution in [2.75, 3.05) is 25.1 Å². The molecule has 0 radical (unpaired) electrons. The number of carbonyl (C=O) groups excluding carboxylic acids is 1. The molecule has 2 N–H and O–H groups in total. The fraction of sp³-hybridized carbons (Fsp3) is 0.417. The van der Waals surface area contributed by atoms with Crippen molar-refractivity contribution in [3.8, 4) is 0 Å². The molecule has 1 aromatic carbocycles. The highest BCUT2D eigenvalue weighted by Crippen LogP contribution is 2.31. The summed E-state index contributed by atoms with van der Waals surface area (Å²) in [6.45, 7) is 1.85. The first-order chi connectivity index (χ1) is 9.06. The van der Waals surface area contributed by atoms with E-state index in [4.69, 9.17) is 27.9 Å². The fourth-order valence-corrected chi connectivity index (χ4v) is 2.38. The third kappa shape index (κ3) is 4.04. The van der Waals surface area contributed by atoms with Crippen molar-refractivity contribution in [3.63, 3.8) is 0 Å². The van der Waals surface area contributed by atoms with Crippen LogP contribution in [0.25, 0.3) is 0 Å². The van der Waals surface area contributed by atoms with E-state index in [-0.39, 0.29) is 34.1 Å². The van der Waals surface area contributed by atoms with Crippen LogP contribution in [-0.2, 0) is 9.53 Å². The number of nitrogens with one attached hydrogen (secondary N) is 2. The predicted octanol–water partition coefficient (Wildman–Crippen LogP) is 2.45. The quantitative estimate of drug-likeness (QED) is 0.902. The number of amides is 1. The molecular weight excluding hydrogens is 294 g/mol. The van der Waals surface area contributed by atoms with Crippen LogP contribution in [0.4, 0.5) is 10.1 Å². The highest BCUT2D eigenvalue weighted by atomic mass is 35.5. The van der Waals surface area contributed by atoms with E-state index in [2.05, 4.69) is 10.6 Å². The molecule has 1 unspecified atom stereocenters. The molecule has 0 aromatic heterocycles. The van der Waals surface area contributed by atoms with Gasteiger partial charge in [0, 0.05) is 19.0 Å². The predicted molar refractivity (Wildman–Crippen MR) is 72.3 cm³/mol. The molecule has 19 heavy (non-hydrogen) atoms. The number of rotatable bonds is 3. The Labute approximate surface area is 120 Å². The molecule has 2 rings (SSSR count). The summed E-state index contributed by atoms with van der Waals surface area (Å²) >= 11 is 11.7. The Bertz CT molecular complexity index is 456. The van der Waals surface area contributed by atoms with Crippen molar-refractivity contribution in [2.45, 2.75) is 12.5 Å². The minimum atomic E-state index is -0.546. The molecule has 0 saturated carbocycles. The molecular formula is C12H13Cl2FN2O2. The second-order valence-electron chi connectivity index (χ2n) is 4.22. The van der Waals surface area contributed by atoms with E-state index in [9.17, 15) is 9.18 Å². The van der Waals surface area contributed by atoms with Gasteiger partial charge in [0.25, 0.3) is 0 Å². The number of carbonyl (C=O) groups is 1. The lowest BCUT2D eigenvalue weighted by molar-refractivity contribution is -0.117. The summed E-state index contributed by atoms with van der Waals surface area (Å²) in [4.78, 5) is 11.9. The molecule has 1 aliphatic rings. The van der Waals surface area contributed by atoms with Gasteiger partial charge in [-0.1, -0.05) is 23.2 Å². The van der Waals surface area contributed by atoms with E-state index in [0.29, 0.717) is 13.2 Å². The fourth-order valence-electron chi connectivity index (χ4n) is 1.83. The molecule has 0 aliphatic carbocycles. The van der Waals surface area contributed by atoms with E-state index >= 15 is 0 Å². The number of anilines is 1. The van der Waals surface area contributed by atoms with Crippen LogP contribution in [0.15, 0.2) is 12.1 Å². The Balaban J connectivity index is 1.98. The Morgan fingerprint density at radius 1 is 1.47 bits per heavy atom. The van der Waals surface area contributed by atoms with E-state index < -0.39 is 5.82 Å². The monoisotopic (exact) mass is 306 g/mol. The highest BCUT2D eigenvalue weighted by molar-refractivity contribution is 6.39. The van der Waals surface area contributed by atoms with Crippen LogP contribution in [0.3, 0.4) is 0 Å². The van der Waals surface area contributed by atoms with Crippen LogP contribution in [0, 0.1) is 5.82 Å². The smallest absolute Gasteiger partial charge is 0.226 e. The van der Waals surface area contributed by atoms with Crippen LogP contribution in [0.5, 0.6) is 0 Å². The van der Waals surface area contributed by atoms with Gasteiger partial charge in [-0.05, 0) is 12.1 Å². The molecule has 0 bridgehead atoms. The maximum atomic E-state index is 13.0. The van der Waals surface area contributed by atoms with E-state index in [1.54, 1.807) is 0 Å². The summed E-state index contributed by atoms with van der Waals surface area (Å²) in [5, 5.41) is 5.90. The van der Waals surface area contributed by atoms with Crippen molar-refractivity contribution >= 4 is 34.8 Å². The molecule has 104 valence electrons. The van der Waals surface area contributed by atoms with Crippen molar-refractivity contribution in [1.82, 2.24) is 5.32 Å². The minimum Gasteiger partial charge on any atom is -0.378 e. The van der Waals surface area contributed by atoms with Crippen LogP contribution < -0.4 is 10.6 Å². The molecule has 1 saturated heterocycles. The first-order valence-corrected chi connectivity index (χ1v) is 6.57. The molecule has 1 aliphatic heterocycles. The third-order valence-corrected chi connectivity index (χ3v) is 3.30. The van der Waals surface area contributed by atoms with Gasteiger partial charge in [-0.2, -0.15) is 0 Å². The zero-order valence-corrected chi connectivity index (χ0v) is 11.5. The normalized spacial score (nSPS) is 19.2. The van der Waals surface area contributed by atoms with Crippen LogP contribution >= 0.6 is 23.2 Å². The standard InChI is InChI=1S/C12H13Cl2FN2O2/c13-9-3-7(15)4-10(14)12(9)17-11(18)5-8-6-19-2-1-16-8/h3-4,8,16H,1-2,5-6H2,(H,17,18). The van der Waals surface area contributed by atoms with Crippen LogP contribution in [0.1, 0.15) is 6.42 Å². The molecule has 1 atom stereocenters. The summed E-state index contributed by atoms with van der Waals surface area (Å²) in [7, 11) is 0. The largest absolute Gasteiger partial charge is 0.378 e. The molecule has 1 aromatic rings. The first-order valence-electron chi connectivity index (χ1n) is 5.82. The first kappa shape index (κ1) is 14.5. The van der Waals surface area contributed by atoms with Crippen molar-refractivity contribution in [2.24, 2.45) is 0 Å². The van der Waals surface area contributed by atoms with E-state index in [1.165, 1.54) is 0 Å². The van der Waals surface area contributed by atoms with E-state index in [0.717, 1.165) is 18.7 Å².